The van der Waals surface area contributed by atoms with Gasteiger partial charge in [-0.3, -0.25) is 0 Å². The third kappa shape index (κ3) is 3.22. The smallest absolute Gasteiger partial charge is 0.218 e. The zero-order chi connectivity index (χ0) is 13.0. The number of nitrogens with two attached hydrogens (primary N) is 1. The Balaban J connectivity index is 2.03. The molecule has 0 saturated heterocycles. The van der Waals surface area contributed by atoms with Crippen molar-refractivity contribution in [2.45, 2.75) is 52.5 Å². The fraction of sp³-hybridized carbons (Fsp3) is 0.667. The van der Waals surface area contributed by atoms with Crippen LogP contribution in [0.3, 0.4) is 0 Å². The quantitative estimate of drug-likeness (QED) is 0.890. The molecule has 0 aromatic carbocycles. The van der Waals surface area contributed by atoms with E-state index in [4.69, 9.17) is 10.5 Å². The number of aryl methyl sites for hydroxylation is 2. The molecule has 1 aromatic rings. The summed E-state index contributed by atoms with van der Waals surface area (Å²) in [6.45, 7) is 5.37. The molecular formula is C15H24N2O. The van der Waals surface area contributed by atoms with E-state index in [9.17, 15) is 0 Å². The van der Waals surface area contributed by atoms with E-state index >= 15 is 0 Å². The van der Waals surface area contributed by atoms with Gasteiger partial charge in [0.25, 0.3) is 0 Å². The van der Waals surface area contributed by atoms with Crippen molar-refractivity contribution in [3.05, 3.63) is 22.9 Å². The van der Waals surface area contributed by atoms with Gasteiger partial charge in [0.05, 0.1) is 6.61 Å². The first kappa shape index (κ1) is 13.3. The second-order valence-electron chi connectivity index (χ2n) is 5.38. The number of ether oxygens (including phenoxy) is 1. The summed E-state index contributed by atoms with van der Waals surface area (Å²) in [6.07, 6.45) is 6.66. The van der Waals surface area contributed by atoms with Gasteiger partial charge in [0.1, 0.15) is 0 Å². The van der Waals surface area contributed by atoms with Gasteiger partial charge in [-0.1, -0.05) is 19.3 Å². The Kier molecular flexibility index (Phi) is 4.59. The van der Waals surface area contributed by atoms with Crippen molar-refractivity contribution in [2.24, 2.45) is 11.7 Å². The number of hydrogen-bond acceptors (Lipinski definition) is 3. The highest BCUT2D eigenvalue weighted by atomic mass is 16.5. The molecule has 1 fully saturated rings. The van der Waals surface area contributed by atoms with Crippen LogP contribution >= 0.6 is 0 Å². The maximum atomic E-state index is 5.94. The minimum atomic E-state index is 0.499. The van der Waals surface area contributed by atoms with Crippen LogP contribution in [0, 0.1) is 19.8 Å². The largest absolute Gasteiger partial charge is 0.477 e. The van der Waals surface area contributed by atoms with Crippen LogP contribution in [-0.4, -0.2) is 11.6 Å². The topological polar surface area (TPSA) is 48.1 Å². The van der Waals surface area contributed by atoms with E-state index in [-0.39, 0.29) is 0 Å². The third-order valence-corrected chi connectivity index (χ3v) is 3.82. The van der Waals surface area contributed by atoms with Gasteiger partial charge < -0.3 is 10.5 Å². The normalized spacial score (nSPS) is 16.8. The summed E-state index contributed by atoms with van der Waals surface area (Å²) in [5.41, 5.74) is 9.03. The zero-order valence-electron chi connectivity index (χ0n) is 11.5. The predicted molar refractivity (Wildman–Crippen MR) is 73.7 cm³/mol. The van der Waals surface area contributed by atoms with Crippen molar-refractivity contribution < 1.29 is 4.74 Å². The molecule has 0 unspecified atom stereocenters. The second-order valence-corrected chi connectivity index (χ2v) is 5.38. The van der Waals surface area contributed by atoms with Crippen molar-refractivity contribution in [1.82, 2.24) is 4.98 Å². The van der Waals surface area contributed by atoms with Crippen LogP contribution < -0.4 is 10.5 Å². The lowest BCUT2D eigenvalue weighted by molar-refractivity contribution is 0.201. The molecule has 1 saturated carbocycles. The van der Waals surface area contributed by atoms with Crippen LogP contribution in [0.1, 0.15) is 48.9 Å². The van der Waals surface area contributed by atoms with Crippen LogP contribution in [0.2, 0.25) is 0 Å². The number of aromatic nitrogens is 1. The molecule has 1 aromatic heterocycles. The standard InChI is InChI=1S/C15H24N2O/c1-11-8-12(2)17-15(14(11)9-16)18-10-13-6-4-3-5-7-13/h8,13H,3-7,9-10,16H2,1-2H3. The molecule has 0 radical (unpaired) electrons. The first-order chi connectivity index (χ1) is 8.70. The Bertz CT molecular complexity index is 398. The molecule has 3 nitrogen and oxygen atoms in total. The van der Waals surface area contributed by atoms with E-state index in [0.29, 0.717) is 12.5 Å². The lowest BCUT2D eigenvalue weighted by Crippen LogP contribution is -2.17. The molecular weight excluding hydrogens is 224 g/mol. The summed E-state index contributed by atoms with van der Waals surface area (Å²) < 4.78 is 5.94. The van der Waals surface area contributed by atoms with E-state index in [1.807, 2.05) is 6.92 Å². The van der Waals surface area contributed by atoms with Crippen LogP contribution in [0.25, 0.3) is 0 Å². The van der Waals surface area contributed by atoms with Crippen molar-refractivity contribution in [1.29, 1.82) is 0 Å². The first-order valence-corrected chi connectivity index (χ1v) is 7.00. The molecule has 3 heteroatoms. The summed E-state index contributed by atoms with van der Waals surface area (Å²) in [7, 11) is 0. The monoisotopic (exact) mass is 248 g/mol. The molecule has 2 N–H and O–H groups in total. The summed E-state index contributed by atoms with van der Waals surface area (Å²) in [6, 6.07) is 2.07. The highest BCUT2D eigenvalue weighted by molar-refractivity contribution is 5.35. The van der Waals surface area contributed by atoms with E-state index < -0.39 is 0 Å². The Hall–Kier alpha value is -1.09. The Labute approximate surface area is 110 Å². The van der Waals surface area contributed by atoms with Crippen molar-refractivity contribution >= 4 is 0 Å². The van der Waals surface area contributed by atoms with Crippen LogP contribution in [0.4, 0.5) is 0 Å². The van der Waals surface area contributed by atoms with Gasteiger partial charge >= 0.3 is 0 Å². The van der Waals surface area contributed by atoms with E-state index in [1.165, 1.54) is 37.7 Å². The van der Waals surface area contributed by atoms with Gasteiger partial charge in [-0.15, -0.1) is 0 Å². The van der Waals surface area contributed by atoms with Crippen molar-refractivity contribution in [3.8, 4) is 5.88 Å². The van der Waals surface area contributed by atoms with Gasteiger partial charge in [-0.05, 0) is 44.2 Å². The molecule has 1 aliphatic carbocycles. The molecule has 100 valence electrons. The second kappa shape index (κ2) is 6.19. The lowest BCUT2D eigenvalue weighted by Gasteiger charge is -2.22. The van der Waals surface area contributed by atoms with Gasteiger partial charge in [0.15, 0.2) is 0 Å². The van der Waals surface area contributed by atoms with E-state index in [1.54, 1.807) is 0 Å². The third-order valence-electron chi connectivity index (χ3n) is 3.82. The number of hydrogen-bond donors (Lipinski definition) is 1. The average Bonchev–Trinajstić information content (AvgIpc) is 2.37. The molecule has 1 aliphatic rings. The molecule has 0 atom stereocenters. The average molecular weight is 248 g/mol. The summed E-state index contributed by atoms with van der Waals surface area (Å²) in [4.78, 5) is 4.49. The summed E-state index contributed by atoms with van der Waals surface area (Å²) in [5, 5.41) is 0. The Morgan fingerprint density at radius 3 is 2.67 bits per heavy atom. The molecule has 2 rings (SSSR count). The maximum Gasteiger partial charge on any atom is 0.218 e. The van der Waals surface area contributed by atoms with Crippen LogP contribution in [-0.2, 0) is 6.54 Å². The number of nitrogens with zero attached hydrogens (tertiary/aromatic N) is 1. The van der Waals surface area contributed by atoms with Gasteiger partial charge in [-0.25, -0.2) is 4.98 Å². The SMILES string of the molecule is Cc1cc(C)c(CN)c(OCC2CCCCC2)n1. The molecule has 0 amide bonds. The molecule has 0 aliphatic heterocycles. The summed E-state index contributed by atoms with van der Waals surface area (Å²) in [5.74, 6) is 1.45. The van der Waals surface area contributed by atoms with Gasteiger partial charge in [0, 0.05) is 17.8 Å². The summed E-state index contributed by atoms with van der Waals surface area (Å²) >= 11 is 0. The van der Waals surface area contributed by atoms with E-state index in [2.05, 4.69) is 18.0 Å². The molecule has 0 spiro atoms. The fourth-order valence-corrected chi connectivity index (χ4v) is 2.75. The van der Waals surface area contributed by atoms with Crippen LogP contribution in [0.5, 0.6) is 5.88 Å². The minimum Gasteiger partial charge on any atom is -0.477 e. The lowest BCUT2D eigenvalue weighted by atomic mass is 9.90. The van der Waals surface area contributed by atoms with Gasteiger partial charge in [0.2, 0.25) is 5.88 Å². The van der Waals surface area contributed by atoms with Crippen molar-refractivity contribution in [2.75, 3.05) is 6.61 Å². The zero-order valence-corrected chi connectivity index (χ0v) is 11.5. The Morgan fingerprint density at radius 2 is 2.00 bits per heavy atom. The molecule has 18 heavy (non-hydrogen) atoms. The molecule has 1 heterocycles. The number of pyridine rings is 1. The Morgan fingerprint density at radius 1 is 1.28 bits per heavy atom. The minimum absolute atomic E-state index is 0.499. The molecule has 0 bridgehead atoms. The fourth-order valence-electron chi connectivity index (χ4n) is 2.75. The maximum absolute atomic E-state index is 5.94. The number of rotatable bonds is 4. The van der Waals surface area contributed by atoms with Gasteiger partial charge in [-0.2, -0.15) is 0 Å². The highest BCUT2D eigenvalue weighted by Crippen LogP contribution is 2.26. The highest BCUT2D eigenvalue weighted by Gasteiger charge is 2.16. The van der Waals surface area contributed by atoms with Crippen molar-refractivity contribution in [3.63, 3.8) is 0 Å². The predicted octanol–water partition coefficient (Wildman–Crippen LogP) is 3.12. The van der Waals surface area contributed by atoms with E-state index in [0.717, 1.165) is 23.7 Å². The van der Waals surface area contributed by atoms with Crippen LogP contribution in [0.15, 0.2) is 6.07 Å². The first-order valence-electron chi connectivity index (χ1n) is 7.00.